The highest BCUT2D eigenvalue weighted by molar-refractivity contribution is 6.04. The van der Waals surface area contributed by atoms with Crippen molar-refractivity contribution >= 4 is 11.9 Å². The number of alkyl halides is 2. The summed E-state index contributed by atoms with van der Waals surface area (Å²) < 4.78 is 68.8. The molecular formula is C14H12F4O6. The van der Waals surface area contributed by atoms with E-state index in [0.29, 0.717) is 0 Å². The van der Waals surface area contributed by atoms with Crippen LogP contribution in [-0.4, -0.2) is 58.9 Å². The Kier molecular flexibility index (Phi) is 3.72. The van der Waals surface area contributed by atoms with E-state index in [1.165, 1.54) is 0 Å². The molecule has 4 atom stereocenters. The van der Waals surface area contributed by atoms with Crippen molar-refractivity contribution in [3.05, 3.63) is 22.8 Å². The number of halogens is 4. The molecule has 4 unspecified atom stereocenters. The van der Waals surface area contributed by atoms with Crippen LogP contribution < -0.4 is 0 Å². The van der Waals surface area contributed by atoms with Crippen molar-refractivity contribution in [2.24, 2.45) is 0 Å². The van der Waals surface area contributed by atoms with E-state index in [4.69, 9.17) is 14.6 Å². The normalized spacial score (nSPS) is 38.3. The fourth-order valence-electron chi connectivity index (χ4n) is 2.96. The Hall–Kier alpha value is -1.94. The maximum Gasteiger partial charge on any atom is 0.339 e. The Morgan fingerprint density at radius 3 is 1.83 bits per heavy atom. The number of epoxide rings is 2. The van der Waals surface area contributed by atoms with Crippen molar-refractivity contribution in [1.82, 2.24) is 0 Å². The molecule has 1 aliphatic carbocycles. The van der Waals surface area contributed by atoms with Gasteiger partial charge in [-0.25, -0.2) is 27.2 Å². The fraction of sp³-hybridized carbons (Fsp3) is 0.571. The van der Waals surface area contributed by atoms with Crippen LogP contribution in [0, 0.1) is 0 Å². The second-order valence-corrected chi connectivity index (χ2v) is 5.91. The molecule has 0 aromatic carbocycles. The van der Waals surface area contributed by atoms with Crippen LogP contribution in [0.15, 0.2) is 22.8 Å². The lowest BCUT2D eigenvalue weighted by Crippen LogP contribution is -2.56. The lowest BCUT2D eigenvalue weighted by Gasteiger charge is -2.41. The second-order valence-electron chi connectivity index (χ2n) is 5.91. The van der Waals surface area contributed by atoms with Crippen molar-refractivity contribution in [2.45, 2.75) is 36.4 Å². The first-order chi connectivity index (χ1) is 11.1. The third kappa shape index (κ3) is 2.40. The van der Waals surface area contributed by atoms with Gasteiger partial charge in [-0.1, -0.05) is 0 Å². The molecule has 0 bridgehead atoms. The summed E-state index contributed by atoms with van der Waals surface area (Å²) in [7, 11) is 0. The van der Waals surface area contributed by atoms with Crippen LogP contribution in [-0.2, 0) is 19.1 Å². The molecule has 6 nitrogen and oxygen atoms in total. The summed E-state index contributed by atoms with van der Waals surface area (Å²) in [6, 6.07) is 0. The van der Waals surface area contributed by atoms with E-state index in [2.05, 4.69) is 0 Å². The Morgan fingerprint density at radius 1 is 1.00 bits per heavy atom. The van der Waals surface area contributed by atoms with Gasteiger partial charge in [-0.05, 0) is 0 Å². The van der Waals surface area contributed by atoms with Crippen LogP contribution in [0.5, 0.6) is 0 Å². The fourth-order valence-corrected chi connectivity index (χ4v) is 2.96. The molecule has 24 heavy (non-hydrogen) atoms. The summed E-state index contributed by atoms with van der Waals surface area (Å²) >= 11 is 0. The molecule has 10 heteroatoms. The van der Waals surface area contributed by atoms with Gasteiger partial charge in [-0.3, -0.25) is 0 Å². The molecule has 0 aromatic heterocycles. The number of carbonyl (C=O) groups is 2. The zero-order chi connectivity index (χ0) is 17.9. The Bertz CT molecular complexity index is 681. The molecule has 2 fully saturated rings. The van der Waals surface area contributed by atoms with Crippen molar-refractivity contribution in [3.8, 4) is 0 Å². The zero-order valence-electron chi connectivity index (χ0n) is 12.0. The third-order valence-electron chi connectivity index (χ3n) is 4.28. The van der Waals surface area contributed by atoms with Crippen LogP contribution in [0.2, 0.25) is 0 Å². The monoisotopic (exact) mass is 352 g/mol. The molecular weight excluding hydrogens is 340 g/mol. The van der Waals surface area contributed by atoms with Crippen LogP contribution >= 0.6 is 0 Å². The van der Waals surface area contributed by atoms with Gasteiger partial charge in [-0.2, -0.15) is 0 Å². The molecule has 0 saturated carbocycles. The lowest BCUT2D eigenvalue weighted by atomic mass is 9.68. The molecule has 2 N–H and O–H groups in total. The zero-order valence-corrected chi connectivity index (χ0v) is 12.0. The number of allylic oxidation sites excluding steroid dienone is 1. The van der Waals surface area contributed by atoms with E-state index in [0.717, 1.165) is 0 Å². The van der Waals surface area contributed by atoms with E-state index in [1.807, 2.05) is 0 Å². The average Bonchev–Trinajstić information content (AvgIpc) is 3.37. The molecule has 3 aliphatic rings. The smallest absolute Gasteiger partial charge is 0.339 e. The van der Waals surface area contributed by atoms with Gasteiger partial charge in [0.2, 0.25) is 5.67 Å². The highest BCUT2D eigenvalue weighted by Gasteiger charge is 2.68. The van der Waals surface area contributed by atoms with Crippen molar-refractivity contribution in [2.75, 3.05) is 13.2 Å². The molecule has 2 saturated heterocycles. The van der Waals surface area contributed by atoms with Gasteiger partial charge in [0.05, 0.1) is 31.0 Å². The molecule has 2 aliphatic heterocycles. The minimum atomic E-state index is -3.70. The van der Waals surface area contributed by atoms with Gasteiger partial charge in [-0.15, -0.1) is 0 Å². The van der Waals surface area contributed by atoms with Crippen molar-refractivity contribution in [3.63, 3.8) is 0 Å². The summed E-state index contributed by atoms with van der Waals surface area (Å²) in [5.74, 6) is -8.89. The summed E-state index contributed by atoms with van der Waals surface area (Å²) in [5, 5.41) is 18.2. The molecule has 0 spiro atoms. The van der Waals surface area contributed by atoms with Crippen LogP contribution in [0.1, 0.15) is 12.8 Å². The van der Waals surface area contributed by atoms with E-state index >= 15 is 8.78 Å². The van der Waals surface area contributed by atoms with E-state index in [1.54, 1.807) is 0 Å². The van der Waals surface area contributed by atoms with Gasteiger partial charge < -0.3 is 19.7 Å². The highest BCUT2D eigenvalue weighted by atomic mass is 19.2. The predicted octanol–water partition coefficient (Wildman–Crippen LogP) is 1.61. The predicted molar refractivity (Wildman–Crippen MR) is 67.9 cm³/mol. The first-order valence-electron chi connectivity index (χ1n) is 7.00. The van der Waals surface area contributed by atoms with Crippen molar-refractivity contribution < 1.29 is 46.8 Å². The van der Waals surface area contributed by atoms with Gasteiger partial charge >= 0.3 is 11.9 Å². The van der Waals surface area contributed by atoms with E-state index in [-0.39, 0.29) is 13.2 Å². The van der Waals surface area contributed by atoms with Crippen LogP contribution in [0.3, 0.4) is 0 Å². The summed E-state index contributed by atoms with van der Waals surface area (Å²) in [5.41, 5.74) is -10.7. The number of aliphatic carboxylic acids is 2. The minimum Gasteiger partial charge on any atom is -0.478 e. The summed E-state index contributed by atoms with van der Waals surface area (Å²) in [4.78, 5) is 22.6. The molecule has 0 amide bonds. The van der Waals surface area contributed by atoms with E-state index in [9.17, 15) is 23.5 Å². The number of hydrogen-bond acceptors (Lipinski definition) is 4. The van der Waals surface area contributed by atoms with Gasteiger partial charge in [0.1, 0.15) is 5.57 Å². The first-order valence-corrected chi connectivity index (χ1v) is 7.00. The topological polar surface area (TPSA) is 99.7 Å². The number of rotatable bonds is 6. The van der Waals surface area contributed by atoms with Crippen molar-refractivity contribution in [1.29, 1.82) is 0 Å². The van der Waals surface area contributed by atoms with Gasteiger partial charge in [0, 0.05) is 12.8 Å². The van der Waals surface area contributed by atoms with Gasteiger partial charge in [0.25, 0.3) is 0 Å². The number of carboxylic acid groups (broad SMARTS) is 2. The Labute approximate surface area is 132 Å². The van der Waals surface area contributed by atoms with Crippen LogP contribution in [0.25, 0.3) is 0 Å². The third-order valence-corrected chi connectivity index (χ3v) is 4.28. The molecule has 2 heterocycles. The second kappa shape index (κ2) is 5.28. The first kappa shape index (κ1) is 16.9. The molecule has 0 aromatic rings. The summed E-state index contributed by atoms with van der Waals surface area (Å²) in [6.45, 7) is -0.0424. The minimum absolute atomic E-state index is 0.0194. The van der Waals surface area contributed by atoms with E-state index < -0.39 is 71.1 Å². The maximum absolute atomic E-state index is 15.6. The van der Waals surface area contributed by atoms with Crippen LogP contribution in [0.4, 0.5) is 17.6 Å². The summed E-state index contributed by atoms with van der Waals surface area (Å²) in [6.07, 6.45) is -3.75. The average molecular weight is 352 g/mol. The quantitative estimate of drug-likeness (QED) is 0.557. The molecule has 0 radical (unpaired) electrons. The maximum atomic E-state index is 15.6. The lowest BCUT2D eigenvalue weighted by molar-refractivity contribution is -0.140. The Balaban J connectivity index is 2.23. The van der Waals surface area contributed by atoms with Gasteiger partial charge in [0.15, 0.2) is 17.3 Å². The highest BCUT2D eigenvalue weighted by Crippen LogP contribution is 2.56. The standard InChI is InChI=1S/C14H12F4O6/c15-9-7(11(19)20)8(12(21)22)13(17,1-5-3-23-5)14(18,10(9)16)2-6-4-24-6/h5-6H,1-4H2,(H,19,20)(H,21,22). The molecule has 3 rings (SSSR count). The SMILES string of the molecule is O=C(O)C1=C(C(=O)O)C(F)(CC2CO2)C(F)(CC2CO2)C(F)=C1F. The Morgan fingerprint density at radius 2 is 1.46 bits per heavy atom. The largest absolute Gasteiger partial charge is 0.478 e. The molecule has 132 valence electrons. The number of ether oxygens (including phenoxy) is 2. The number of carboxylic acids is 2. The number of hydrogen-bond donors (Lipinski definition) is 2.